The van der Waals surface area contributed by atoms with Gasteiger partial charge in [0.2, 0.25) is 0 Å². The Morgan fingerprint density at radius 3 is 2.93 bits per heavy atom. The lowest BCUT2D eigenvalue weighted by Crippen LogP contribution is -2.08. The molecule has 0 saturated carbocycles. The Labute approximate surface area is 86.6 Å². The van der Waals surface area contributed by atoms with Gasteiger partial charge < -0.3 is 10.8 Å². The van der Waals surface area contributed by atoms with Crippen LogP contribution in [0.4, 0.5) is 4.79 Å². The SMILES string of the molecule is C=C(O)CCC/C=C1\SC(=O)N=C1N. The van der Waals surface area contributed by atoms with E-state index in [-0.39, 0.29) is 11.0 Å². The molecule has 1 rings (SSSR count). The van der Waals surface area contributed by atoms with Gasteiger partial charge >= 0.3 is 5.24 Å². The number of unbranched alkanes of at least 4 members (excludes halogenated alkanes) is 1. The first kappa shape index (κ1) is 10.8. The van der Waals surface area contributed by atoms with E-state index in [0.717, 1.165) is 29.5 Å². The minimum Gasteiger partial charge on any atom is -0.513 e. The Morgan fingerprint density at radius 2 is 2.43 bits per heavy atom. The van der Waals surface area contributed by atoms with Gasteiger partial charge in [0.15, 0.2) is 0 Å². The van der Waals surface area contributed by atoms with Crippen LogP contribution in [-0.2, 0) is 0 Å². The second-order valence-corrected chi connectivity index (χ2v) is 3.89. The summed E-state index contributed by atoms with van der Waals surface area (Å²) in [4.78, 5) is 15.1. The van der Waals surface area contributed by atoms with E-state index < -0.39 is 0 Å². The molecule has 0 spiro atoms. The van der Waals surface area contributed by atoms with Crippen molar-refractivity contribution in [2.45, 2.75) is 19.3 Å². The molecular formula is C9H12N2O2S. The number of aliphatic hydroxyl groups is 1. The summed E-state index contributed by atoms with van der Waals surface area (Å²) in [5, 5.41) is 8.55. The number of nitrogens with two attached hydrogens (primary N) is 1. The molecule has 76 valence electrons. The van der Waals surface area contributed by atoms with Crippen LogP contribution in [0.5, 0.6) is 0 Å². The third-order valence-electron chi connectivity index (χ3n) is 1.66. The van der Waals surface area contributed by atoms with Crippen LogP contribution in [0.1, 0.15) is 19.3 Å². The first-order valence-corrected chi connectivity index (χ1v) is 5.04. The Bertz CT molecular complexity index is 321. The maximum absolute atomic E-state index is 10.8. The zero-order valence-corrected chi connectivity index (χ0v) is 8.51. The molecule has 0 atom stereocenters. The van der Waals surface area contributed by atoms with E-state index in [0.29, 0.717) is 12.3 Å². The van der Waals surface area contributed by atoms with Gasteiger partial charge in [0.1, 0.15) is 5.84 Å². The molecule has 14 heavy (non-hydrogen) atoms. The summed E-state index contributed by atoms with van der Waals surface area (Å²) >= 11 is 1.04. The van der Waals surface area contributed by atoms with Gasteiger partial charge in [-0.05, 0) is 24.6 Å². The van der Waals surface area contributed by atoms with Crippen LogP contribution in [0.25, 0.3) is 0 Å². The smallest absolute Gasteiger partial charge is 0.311 e. The molecule has 0 bridgehead atoms. The molecule has 0 aromatic heterocycles. The average Bonchev–Trinajstić information content (AvgIpc) is 2.39. The summed E-state index contributed by atoms with van der Waals surface area (Å²) in [6.45, 7) is 3.38. The number of hydrogen-bond donors (Lipinski definition) is 2. The normalized spacial score (nSPS) is 18.7. The minimum absolute atomic E-state index is 0.181. The van der Waals surface area contributed by atoms with E-state index in [9.17, 15) is 4.79 Å². The van der Waals surface area contributed by atoms with Gasteiger partial charge in [0.05, 0.1) is 10.7 Å². The van der Waals surface area contributed by atoms with Gasteiger partial charge in [-0.1, -0.05) is 12.7 Å². The van der Waals surface area contributed by atoms with Gasteiger partial charge in [-0.3, -0.25) is 4.79 Å². The largest absolute Gasteiger partial charge is 0.513 e. The number of amidine groups is 1. The third-order valence-corrected chi connectivity index (χ3v) is 2.52. The van der Waals surface area contributed by atoms with Crippen LogP contribution in [-0.4, -0.2) is 16.2 Å². The molecular weight excluding hydrogens is 200 g/mol. The van der Waals surface area contributed by atoms with E-state index in [1.165, 1.54) is 0 Å². The van der Waals surface area contributed by atoms with Crippen LogP contribution in [0.2, 0.25) is 0 Å². The molecule has 3 N–H and O–H groups in total. The van der Waals surface area contributed by atoms with Crippen molar-refractivity contribution in [3.63, 3.8) is 0 Å². The van der Waals surface area contributed by atoms with Crippen LogP contribution in [0, 0.1) is 0 Å². The van der Waals surface area contributed by atoms with Crippen molar-refractivity contribution in [1.29, 1.82) is 0 Å². The standard InChI is InChI=1S/C9H12N2O2S/c1-6(12)4-2-3-5-7-8(10)11-9(13)14-7/h5,12H,1-4H2,(H2,10,11,13)/b7-5-. The molecule has 0 aliphatic carbocycles. The van der Waals surface area contributed by atoms with Crippen molar-refractivity contribution in [3.05, 3.63) is 23.3 Å². The summed E-state index contributed by atoms with van der Waals surface area (Å²) in [6, 6.07) is 0. The predicted octanol–water partition coefficient (Wildman–Crippen LogP) is 2.34. The number of rotatable bonds is 4. The molecule has 0 aromatic rings. The number of carbonyl (C=O) groups is 1. The molecule has 0 unspecified atom stereocenters. The first-order valence-electron chi connectivity index (χ1n) is 4.23. The fraction of sp³-hybridized carbons (Fsp3) is 0.333. The van der Waals surface area contributed by atoms with Gasteiger partial charge in [-0.15, -0.1) is 0 Å². The number of aliphatic hydroxyl groups excluding tert-OH is 1. The van der Waals surface area contributed by atoms with Gasteiger partial charge in [0, 0.05) is 6.42 Å². The number of carbonyl (C=O) groups excluding carboxylic acids is 1. The number of amides is 1. The molecule has 0 radical (unpaired) electrons. The summed E-state index contributed by atoms with van der Waals surface area (Å²) in [5.41, 5.74) is 5.48. The highest BCUT2D eigenvalue weighted by Crippen LogP contribution is 2.25. The number of thioether (sulfide) groups is 1. The monoisotopic (exact) mass is 212 g/mol. The Kier molecular flexibility index (Phi) is 3.76. The Morgan fingerprint density at radius 1 is 1.71 bits per heavy atom. The lowest BCUT2D eigenvalue weighted by Gasteiger charge is -1.96. The Balaban J connectivity index is 2.36. The second kappa shape index (κ2) is 4.85. The molecule has 5 heteroatoms. The molecule has 1 heterocycles. The van der Waals surface area contributed by atoms with Crippen LogP contribution in [0.15, 0.2) is 28.3 Å². The number of aliphatic imine (C=N–C) groups is 1. The Hall–Kier alpha value is -1.23. The third kappa shape index (κ3) is 3.26. The average molecular weight is 212 g/mol. The topological polar surface area (TPSA) is 75.7 Å². The molecule has 4 nitrogen and oxygen atoms in total. The first-order chi connectivity index (χ1) is 6.59. The predicted molar refractivity (Wildman–Crippen MR) is 58.3 cm³/mol. The molecule has 1 aliphatic rings. The highest BCUT2D eigenvalue weighted by molar-refractivity contribution is 8.18. The summed E-state index contributed by atoms with van der Waals surface area (Å²) < 4.78 is 0. The molecule has 1 aliphatic heterocycles. The number of allylic oxidation sites excluding steroid dienone is 2. The van der Waals surface area contributed by atoms with E-state index in [1.54, 1.807) is 0 Å². The zero-order chi connectivity index (χ0) is 10.6. The summed E-state index contributed by atoms with van der Waals surface area (Å²) in [7, 11) is 0. The van der Waals surface area contributed by atoms with Crippen molar-refractivity contribution in [2.75, 3.05) is 0 Å². The van der Waals surface area contributed by atoms with Crippen molar-refractivity contribution < 1.29 is 9.90 Å². The molecule has 0 saturated heterocycles. The van der Waals surface area contributed by atoms with E-state index in [4.69, 9.17) is 10.8 Å². The van der Waals surface area contributed by atoms with Crippen molar-refractivity contribution in [1.82, 2.24) is 0 Å². The lowest BCUT2D eigenvalue weighted by atomic mass is 10.2. The minimum atomic E-state index is -0.264. The zero-order valence-electron chi connectivity index (χ0n) is 7.69. The van der Waals surface area contributed by atoms with Crippen LogP contribution in [0.3, 0.4) is 0 Å². The second-order valence-electron chi connectivity index (χ2n) is 2.89. The lowest BCUT2D eigenvalue weighted by molar-refractivity contribution is 0.268. The van der Waals surface area contributed by atoms with E-state index in [1.807, 2.05) is 6.08 Å². The fourth-order valence-electron chi connectivity index (χ4n) is 1.01. The summed E-state index contributed by atoms with van der Waals surface area (Å²) in [6.07, 6.45) is 3.98. The van der Waals surface area contributed by atoms with Gasteiger partial charge in [0.25, 0.3) is 0 Å². The summed E-state index contributed by atoms with van der Waals surface area (Å²) in [5.74, 6) is 0.475. The highest BCUT2D eigenvalue weighted by Gasteiger charge is 2.17. The molecule has 0 fully saturated rings. The fourth-order valence-corrected chi connectivity index (χ4v) is 1.69. The molecule has 0 aromatic carbocycles. The van der Waals surface area contributed by atoms with E-state index in [2.05, 4.69) is 11.6 Å². The number of hydrogen-bond acceptors (Lipinski definition) is 4. The van der Waals surface area contributed by atoms with Crippen molar-refractivity contribution in [2.24, 2.45) is 10.7 Å². The van der Waals surface area contributed by atoms with Crippen LogP contribution >= 0.6 is 11.8 Å². The quantitative estimate of drug-likeness (QED) is 0.554. The van der Waals surface area contributed by atoms with Gasteiger partial charge in [-0.25, -0.2) is 0 Å². The van der Waals surface area contributed by atoms with Crippen molar-refractivity contribution >= 4 is 22.8 Å². The maximum Gasteiger partial charge on any atom is 0.311 e. The van der Waals surface area contributed by atoms with E-state index >= 15 is 0 Å². The maximum atomic E-state index is 10.8. The highest BCUT2D eigenvalue weighted by atomic mass is 32.2. The van der Waals surface area contributed by atoms with Crippen LogP contribution < -0.4 is 5.73 Å². The van der Waals surface area contributed by atoms with Crippen molar-refractivity contribution in [3.8, 4) is 0 Å². The van der Waals surface area contributed by atoms with Gasteiger partial charge in [-0.2, -0.15) is 4.99 Å². The number of nitrogens with zero attached hydrogens (tertiary/aromatic N) is 1. The molecule has 1 amide bonds.